The Morgan fingerprint density at radius 1 is 1.21 bits per heavy atom. The van der Waals surface area contributed by atoms with Gasteiger partial charge in [-0.2, -0.15) is 4.98 Å². The van der Waals surface area contributed by atoms with E-state index in [4.69, 9.17) is 4.52 Å². The van der Waals surface area contributed by atoms with Gasteiger partial charge < -0.3 is 9.84 Å². The number of carbonyl (C=O) groups excluding carboxylic acids is 1. The molecule has 9 nitrogen and oxygen atoms in total. The molecule has 0 saturated carbocycles. The van der Waals surface area contributed by atoms with Crippen molar-refractivity contribution in [2.75, 3.05) is 6.54 Å². The van der Waals surface area contributed by atoms with Crippen LogP contribution in [0.3, 0.4) is 0 Å². The monoisotopic (exact) mass is 389 g/mol. The Morgan fingerprint density at radius 2 is 2.07 bits per heavy atom. The summed E-state index contributed by atoms with van der Waals surface area (Å²) in [6.07, 6.45) is 5.04. The van der Waals surface area contributed by atoms with Crippen LogP contribution in [0, 0.1) is 0 Å². The normalized spacial score (nSPS) is 11.9. The Hall–Kier alpha value is -3.88. The second-order valence-electron chi connectivity index (χ2n) is 6.46. The van der Waals surface area contributed by atoms with Gasteiger partial charge in [0.25, 0.3) is 5.89 Å². The SMILES string of the molecule is C[C@H](C(=O)NCCn1cc(-c2nc(-c3cccnc3)no2)nn1)c1ccccc1. The highest BCUT2D eigenvalue weighted by Gasteiger charge is 2.16. The number of nitrogens with one attached hydrogen (secondary N) is 1. The lowest BCUT2D eigenvalue weighted by Gasteiger charge is -2.12. The molecule has 3 heterocycles. The average Bonchev–Trinajstić information content (AvgIpc) is 3.44. The van der Waals surface area contributed by atoms with Gasteiger partial charge in [0.15, 0.2) is 5.69 Å². The molecule has 0 bridgehead atoms. The van der Waals surface area contributed by atoms with Crippen molar-refractivity contribution in [1.82, 2.24) is 35.4 Å². The first-order valence-corrected chi connectivity index (χ1v) is 9.18. The molecule has 4 aromatic rings. The number of benzene rings is 1. The van der Waals surface area contributed by atoms with Crippen LogP contribution >= 0.6 is 0 Å². The Balaban J connectivity index is 1.33. The van der Waals surface area contributed by atoms with E-state index in [1.165, 1.54) is 0 Å². The van der Waals surface area contributed by atoms with Crippen LogP contribution in [0.25, 0.3) is 23.0 Å². The molecular weight excluding hydrogens is 370 g/mol. The van der Waals surface area contributed by atoms with Gasteiger partial charge in [-0.05, 0) is 24.6 Å². The molecular formula is C20H19N7O2. The van der Waals surface area contributed by atoms with Crippen molar-refractivity contribution < 1.29 is 9.32 Å². The summed E-state index contributed by atoms with van der Waals surface area (Å²) < 4.78 is 6.89. The highest BCUT2D eigenvalue weighted by Crippen LogP contribution is 2.19. The lowest BCUT2D eigenvalue weighted by Crippen LogP contribution is -2.31. The third-order valence-electron chi connectivity index (χ3n) is 4.44. The molecule has 9 heteroatoms. The number of hydrogen-bond donors (Lipinski definition) is 1. The molecule has 0 aliphatic carbocycles. The average molecular weight is 389 g/mol. The van der Waals surface area contributed by atoms with Crippen molar-refractivity contribution in [3.05, 3.63) is 66.6 Å². The molecule has 1 N–H and O–H groups in total. The highest BCUT2D eigenvalue weighted by molar-refractivity contribution is 5.83. The lowest BCUT2D eigenvalue weighted by atomic mass is 10.0. The molecule has 0 aliphatic rings. The number of rotatable bonds is 7. The van der Waals surface area contributed by atoms with E-state index in [0.717, 1.165) is 11.1 Å². The number of aromatic nitrogens is 6. The zero-order chi connectivity index (χ0) is 20.1. The molecule has 1 amide bonds. The van der Waals surface area contributed by atoms with Gasteiger partial charge in [-0.15, -0.1) is 5.10 Å². The first-order valence-electron chi connectivity index (χ1n) is 9.18. The second-order valence-corrected chi connectivity index (χ2v) is 6.46. The summed E-state index contributed by atoms with van der Waals surface area (Å²) in [6.45, 7) is 2.79. The summed E-state index contributed by atoms with van der Waals surface area (Å²) in [5.41, 5.74) is 2.20. The van der Waals surface area contributed by atoms with E-state index in [0.29, 0.717) is 24.6 Å². The fourth-order valence-corrected chi connectivity index (χ4v) is 2.79. The van der Waals surface area contributed by atoms with Gasteiger partial charge in [-0.1, -0.05) is 40.7 Å². The van der Waals surface area contributed by atoms with E-state index in [1.807, 2.05) is 43.3 Å². The van der Waals surface area contributed by atoms with Gasteiger partial charge in [0.1, 0.15) is 0 Å². The molecule has 0 fully saturated rings. The van der Waals surface area contributed by atoms with E-state index in [9.17, 15) is 4.79 Å². The van der Waals surface area contributed by atoms with E-state index in [-0.39, 0.29) is 17.7 Å². The van der Waals surface area contributed by atoms with Crippen LogP contribution in [0.5, 0.6) is 0 Å². The summed E-state index contributed by atoms with van der Waals surface area (Å²) in [6, 6.07) is 13.3. The zero-order valence-corrected chi connectivity index (χ0v) is 15.8. The fourth-order valence-electron chi connectivity index (χ4n) is 2.79. The topological polar surface area (TPSA) is 112 Å². The molecule has 1 atom stereocenters. The summed E-state index contributed by atoms with van der Waals surface area (Å²) in [4.78, 5) is 20.7. The van der Waals surface area contributed by atoms with Crippen molar-refractivity contribution in [2.45, 2.75) is 19.4 Å². The van der Waals surface area contributed by atoms with Crippen LogP contribution in [-0.4, -0.2) is 42.6 Å². The smallest absolute Gasteiger partial charge is 0.280 e. The van der Waals surface area contributed by atoms with Gasteiger partial charge in [-0.25, -0.2) is 4.68 Å². The standard InChI is InChI=1S/C20H19N7O2/c1-14(15-6-3-2-4-7-15)19(28)22-10-11-27-13-17(24-26-27)20-23-18(25-29-20)16-8-5-9-21-12-16/h2-9,12-14H,10-11H2,1H3,(H,22,28)/t14-/m0/s1. The molecule has 0 aliphatic heterocycles. The molecule has 0 unspecified atom stereocenters. The van der Waals surface area contributed by atoms with E-state index >= 15 is 0 Å². The fraction of sp³-hybridized carbons (Fsp3) is 0.200. The summed E-state index contributed by atoms with van der Waals surface area (Å²) in [5, 5.41) is 15.0. The van der Waals surface area contributed by atoms with Crippen molar-refractivity contribution in [2.24, 2.45) is 0 Å². The molecule has 0 saturated heterocycles. The molecule has 3 aromatic heterocycles. The minimum Gasteiger partial charge on any atom is -0.354 e. The van der Waals surface area contributed by atoms with Crippen LogP contribution in [0.1, 0.15) is 18.4 Å². The van der Waals surface area contributed by atoms with E-state index in [1.54, 1.807) is 29.3 Å². The molecule has 0 spiro atoms. The Bertz CT molecular complexity index is 1080. The van der Waals surface area contributed by atoms with E-state index in [2.05, 4.69) is 30.8 Å². The first-order chi connectivity index (χ1) is 14.2. The lowest BCUT2D eigenvalue weighted by molar-refractivity contribution is -0.122. The maximum absolute atomic E-state index is 12.3. The van der Waals surface area contributed by atoms with Crippen LogP contribution in [0.15, 0.2) is 65.6 Å². The number of amides is 1. The maximum atomic E-state index is 12.3. The van der Waals surface area contributed by atoms with Gasteiger partial charge in [0.05, 0.1) is 18.7 Å². The van der Waals surface area contributed by atoms with E-state index < -0.39 is 0 Å². The van der Waals surface area contributed by atoms with Crippen molar-refractivity contribution in [1.29, 1.82) is 0 Å². The zero-order valence-electron chi connectivity index (χ0n) is 15.8. The van der Waals surface area contributed by atoms with Crippen LogP contribution in [0.4, 0.5) is 0 Å². The third kappa shape index (κ3) is 4.34. The third-order valence-corrected chi connectivity index (χ3v) is 4.44. The van der Waals surface area contributed by atoms with Crippen LogP contribution in [0.2, 0.25) is 0 Å². The Labute approximate surface area is 166 Å². The molecule has 1 aromatic carbocycles. The van der Waals surface area contributed by atoms with Gasteiger partial charge in [0, 0.05) is 24.5 Å². The Morgan fingerprint density at radius 3 is 2.86 bits per heavy atom. The second kappa shape index (κ2) is 8.42. The predicted molar refractivity (Wildman–Crippen MR) is 104 cm³/mol. The van der Waals surface area contributed by atoms with Gasteiger partial charge in [0.2, 0.25) is 11.7 Å². The maximum Gasteiger partial charge on any atom is 0.280 e. The largest absolute Gasteiger partial charge is 0.354 e. The Kier molecular flexibility index (Phi) is 5.37. The number of carbonyl (C=O) groups is 1. The molecule has 4 rings (SSSR count). The predicted octanol–water partition coefficient (Wildman–Crippen LogP) is 2.31. The first kappa shape index (κ1) is 18.5. The summed E-state index contributed by atoms with van der Waals surface area (Å²) >= 11 is 0. The summed E-state index contributed by atoms with van der Waals surface area (Å²) in [5.74, 6) is 0.461. The van der Waals surface area contributed by atoms with Crippen LogP contribution < -0.4 is 5.32 Å². The number of pyridine rings is 1. The number of hydrogen-bond acceptors (Lipinski definition) is 7. The van der Waals surface area contributed by atoms with Gasteiger partial charge >= 0.3 is 0 Å². The minimum absolute atomic E-state index is 0.0328. The van der Waals surface area contributed by atoms with Crippen LogP contribution in [-0.2, 0) is 11.3 Å². The number of nitrogens with zero attached hydrogens (tertiary/aromatic N) is 6. The van der Waals surface area contributed by atoms with Gasteiger partial charge in [-0.3, -0.25) is 9.78 Å². The quantitative estimate of drug-likeness (QED) is 0.516. The van der Waals surface area contributed by atoms with Crippen molar-refractivity contribution in [3.63, 3.8) is 0 Å². The van der Waals surface area contributed by atoms with Crippen molar-refractivity contribution >= 4 is 5.91 Å². The summed E-state index contributed by atoms with van der Waals surface area (Å²) in [7, 11) is 0. The minimum atomic E-state index is -0.216. The molecule has 146 valence electrons. The molecule has 0 radical (unpaired) electrons. The molecule has 29 heavy (non-hydrogen) atoms. The highest BCUT2D eigenvalue weighted by atomic mass is 16.5. The van der Waals surface area contributed by atoms with Crippen molar-refractivity contribution in [3.8, 4) is 23.0 Å².